The first-order chi connectivity index (χ1) is 13.0. The largest absolute Gasteiger partial charge is 0.496 e. The second-order valence-corrected chi connectivity index (χ2v) is 6.81. The Morgan fingerprint density at radius 2 is 1.56 bits per heavy atom. The van der Waals surface area contributed by atoms with E-state index in [2.05, 4.69) is 0 Å². The Morgan fingerprint density at radius 3 is 2.04 bits per heavy atom. The highest BCUT2D eigenvalue weighted by atomic mass is 31.1. The summed E-state index contributed by atoms with van der Waals surface area (Å²) < 4.78 is 26.9. The van der Waals surface area contributed by atoms with E-state index in [1.165, 1.54) is 14.2 Å². The highest BCUT2D eigenvalue weighted by Gasteiger charge is 2.20. The van der Waals surface area contributed by atoms with Gasteiger partial charge in [-0.2, -0.15) is 0 Å². The minimum Gasteiger partial charge on any atom is -0.496 e. The Balaban J connectivity index is 2.17. The van der Waals surface area contributed by atoms with E-state index in [4.69, 9.17) is 23.7 Å². The molecule has 146 valence electrons. The molecule has 2 aromatic carbocycles. The van der Waals surface area contributed by atoms with E-state index in [1.54, 1.807) is 19.2 Å². The molecule has 6 nitrogen and oxygen atoms in total. The molecular formula is C20H25O6P. The molecule has 7 heteroatoms. The lowest BCUT2D eigenvalue weighted by molar-refractivity contribution is -0.0613. The lowest BCUT2D eigenvalue weighted by atomic mass is 10.2. The number of hydrogen-bond acceptors (Lipinski definition) is 6. The topological polar surface area (TPSA) is 63.2 Å². The summed E-state index contributed by atoms with van der Waals surface area (Å²) in [5, 5.41) is 0.885. The second kappa shape index (κ2) is 10.1. The number of methoxy groups -OCH3 is 3. The van der Waals surface area contributed by atoms with Gasteiger partial charge in [0, 0.05) is 18.7 Å². The van der Waals surface area contributed by atoms with Crippen LogP contribution >= 0.6 is 8.58 Å². The first kappa shape index (κ1) is 21.0. The third kappa shape index (κ3) is 5.59. The molecule has 2 aromatic rings. The molecule has 2 unspecified atom stereocenters. The zero-order valence-corrected chi connectivity index (χ0v) is 17.2. The molecule has 0 aliphatic carbocycles. The van der Waals surface area contributed by atoms with Gasteiger partial charge in [-0.25, -0.2) is 0 Å². The van der Waals surface area contributed by atoms with Crippen LogP contribution in [0.1, 0.15) is 24.2 Å². The molecule has 27 heavy (non-hydrogen) atoms. The van der Waals surface area contributed by atoms with E-state index in [9.17, 15) is 4.79 Å². The number of benzene rings is 2. The van der Waals surface area contributed by atoms with Gasteiger partial charge in [0.25, 0.3) is 0 Å². The maximum atomic E-state index is 12.9. The molecule has 0 aliphatic heterocycles. The minimum atomic E-state index is -0.322. The molecule has 0 amide bonds. The Morgan fingerprint density at radius 1 is 0.963 bits per heavy atom. The van der Waals surface area contributed by atoms with Gasteiger partial charge in [0.2, 0.25) is 0 Å². The molecule has 0 N–H and O–H groups in total. The predicted molar refractivity (Wildman–Crippen MR) is 107 cm³/mol. The summed E-state index contributed by atoms with van der Waals surface area (Å²) in [6, 6.07) is 10.7. The van der Waals surface area contributed by atoms with Crippen molar-refractivity contribution in [3.8, 4) is 23.0 Å². The number of carbonyl (C=O) groups excluding carboxylic acids is 1. The summed E-state index contributed by atoms with van der Waals surface area (Å²) in [5.41, 5.74) is 0.326. The van der Waals surface area contributed by atoms with Crippen molar-refractivity contribution in [1.29, 1.82) is 0 Å². The molecule has 0 fully saturated rings. The molecule has 0 aromatic heterocycles. The normalized spacial score (nSPS) is 12.0. The van der Waals surface area contributed by atoms with E-state index in [0.29, 0.717) is 35.2 Å². The van der Waals surface area contributed by atoms with Crippen molar-refractivity contribution in [3.63, 3.8) is 0 Å². The van der Waals surface area contributed by atoms with Crippen molar-refractivity contribution in [2.75, 3.05) is 27.9 Å². The maximum Gasteiger partial charge on any atom is 0.196 e. The van der Waals surface area contributed by atoms with Gasteiger partial charge in [-0.15, -0.1) is 0 Å². The van der Waals surface area contributed by atoms with Crippen LogP contribution in [0.4, 0.5) is 0 Å². The second-order valence-electron chi connectivity index (χ2n) is 5.53. The molecule has 2 rings (SSSR count). The lowest BCUT2D eigenvalue weighted by Crippen LogP contribution is -2.16. The lowest BCUT2D eigenvalue weighted by Gasteiger charge is -2.15. The first-order valence-electron chi connectivity index (χ1n) is 8.52. The highest BCUT2D eigenvalue weighted by molar-refractivity contribution is 7.66. The smallest absolute Gasteiger partial charge is 0.196 e. The van der Waals surface area contributed by atoms with Crippen LogP contribution in [0.5, 0.6) is 23.0 Å². The van der Waals surface area contributed by atoms with Gasteiger partial charge in [-0.05, 0) is 39.9 Å². The van der Waals surface area contributed by atoms with Gasteiger partial charge < -0.3 is 23.7 Å². The van der Waals surface area contributed by atoms with Crippen molar-refractivity contribution in [2.45, 2.75) is 20.1 Å². The van der Waals surface area contributed by atoms with Gasteiger partial charge in [0.1, 0.15) is 28.6 Å². The molecule has 0 saturated heterocycles. The summed E-state index contributed by atoms with van der Waals surface area (Å²) in [5.74, 6) is 2.11. The van der Waals surface area contributed by atoms with E-state index in [1.807, 2.05) is 38.1 Å². The minimum absolute atomic E-state index is 0.0808. The zero-order chi connectivity index (χ0) is 19.8. The molecule has 0 saturated carbocycles. The average molecular weight is 392 g/mol. The Kier molecular flexibility index (Phi) is 7.89. The van der Waals surface area contributed by atoms with Gasteiger partial charge in [0.05, 0.1) is 21.3 Å². The van der Waals surface area contributed by atoms with Crippen molar-refractivity contribution < 1.29 is 28.5 Å². The van der Waals surface area contributed by atoms with Crippen LogP contribution in [0.15, 0.2) is 36.4 Å². The molecular weight excluding hydrogens is 367 g/mol. The average Bonchev–Trinajstić information content (AvgIpc) is 2.68. The van der Waals surface area contributed by atoms with Crippen LogP contribution < -0.4 is 24.3 Å². The van der Waals surface area contributed by atoms with Gasteiger partial charge >= 0.3 is 0 Å². The van der Waals surface area contributed by atoms with Crippen LogP contribution in [-0.2, 0) is 4.74 Å². The first-order valence-corrected chi connectivity index (χ1v) is 9.52. The summed E-state index contributed by atoms with van der Waals surface area (Å²) in [6.45, 7) is 4.34. The van der Waals surface area contributed by atoms with Crippen LogP contribution in [0, 0.1) is 0 Å². The summed E-state index contributed by atoms with van der Waals surface area (Å²) >= 11 is 0. The van der Waals surface area contributed by atoms with Crippen LogP contribution in [0.25, 0.3) is 0 Å². The highest BCUT2D eigenvalue weighted by Crippen LogP contribution is 2.37. The van der Waals surface area contributed by atoms with Gasteiger partial charge in [-0.1, -0.05) is 12.1 Å². The van der Waals surface area contributed by atoms with E-state index >= 15 is 0 Å². The fourth-order valence-electron chi connectivity index (χ4n) is 2.50. The zero-order valence-electron chi connectivity index (χ0n) is 16.2. The van der Waals surface area contributed by atoms with Gasteiger partial charge in [0.15, 0.2) is 11.8 Å². The molecule has 0 aliphatic rings. The fraction of sp³-hybridized carbons (Fsp3) is 0.350. The molecule has 0 radical (unpaired) electrons. The van der Waals surface area contributed by atoms with Gasteiger partial charge in [-0.3, -0.25) is 4.79 Å². The SMILES string of the molecule is CCOC(C)Oc1ccc(PC(=O)c2c(OC)cc(OC)cc2OC)cc1. The molecule has 0 bridgehead atoms. The van der Waals surface area contributed by atoms with Crippen molar-refractivity contribution in [3.05, 3.63) is 42.0 Å². The predicted octanol–water partition coefficient (Wildman–Crippen LogP) is 3.62. The van der Waals surface area contributed by atoms with E-state index in [0.717, 1.165) is 5.30 Å². The summed E-state index contributed by atoms with van der Waals surface area (Å²) in [4.78, 5) is 12.9. The monoisotopic (exact) mass is 392 g/mol. The molecule has 0 spiro atoms. The number of ether oxygens (including phenoxy) is 5. The number of hydrogen-bond donors (Lipinski definition) is 0. The Labute approximate surface area is 161 Å². The summed E-state index contributed by atoms with van der Waals surface area (Å²) in [7, 11) is 4.49. The number of rotatable bonds is 10. The van der Waals surface area contributed by atoms with Crippen molar-refractivity contribution >= 4 is 19.4 Å². The molecule has 2 atom stereocenters. The van der Waals surface area contributed by atoms with Crippen LogP contribution in [0.2, 0.25) is 0 Å². The molecule has 0 heterocycles. The van der Waals surface area contributed by atoms with Crippen molar-refractivity contribution in [2.24, 2.45) is 0 Å². The van der Waals surface area contributed by atoms with Crippen molar-refractivity contribution in [1.82, 2.24) is 0 Å². The third-order valence-corrected chi connectivity index (χ3v) is 4.86. The van der Waals surface area contributed by atoms with E-state index in [-0.39, 0.29) is 20.4 Å². The standard InChI is InChI=1S/C20H25O6P/c1-6-25-13(2)26-14-7-9-16(10-8-14)27-20(21)19-17(23-4)11-15(22-3)12-18(19)24-5/h7-13,27H,6H2,1-5H3. The van der Waals surface area contributed by atoms with Crippen LogP contribution in [0.3, 0.4) is 0 Å². The summed E-state index contributed by atoms with van der Waals surface area (Å²) in [6.07, 6.45) is -0.322. The third-order valence-electron chi connectivity index (χ3n) is 3.76. The Bertz CT molecular complexity index is 735. The Hall–Kier alpha value is -2.30. The fourth-order valence-corrected chi connectivity index (χ4v) is 3.47. The maximum absolute atomic E-state index is 12.9. The van der Waals surface area contributed by atoms with Crippen LogP contribution in [-0.4, -0.2) is 39.8 Å². The quantitative estimate of drug-likeness (QED) is 0.455. The number of carbonyl (C=O) groups is 1. The van der Waals surface area contributed by atoms with E-state index < -0.39 is 0 Å².